The SMILES string of the molecule is CC(C)(C)Cc1nc(C#N)cs1. The first kappa shape index (κ1) is 9.21. The maximum atomic E-state index is 8.54. The first-order valence-corrected chi connectivity index (χ1v) is 4.74. The van der Waals surface area contributed by atoms with Crippen LogP contribution in [0.25, 0.3) is 0 Å². The average molecular weight is 180 g/mol. The normalized spacial score (nSPS) is 11.2. The zero-order valence-corrected chi connectivity index (χ0v) is 8.40. The Morgan fingerprint density at radius 3 is 2.67 bits per heavy atom. The molecule has 64 valence electrons. The second-order valence-electron chi connectivity index (χ2n) is 3.98. The van der Waals surface area contributed by atoms with Gasteiger partial charge in [0.05, 0.1) is 5.01 Å². The maximum absolute atomic E-state index is 8.54. The molecule has 0 N–H and O–H groups in total. The molecule has 0 fully saturated rings. The molecule has 0 atom stereocenters. The molecule has 0 aliphatic rings. The van der Waals surface area contributed by atoms with Crippen LogP contribution in [0.1, 0.15) is 31.5 Å². The number of rotatable bonds is 1. The van der Waals surface area contributed by atoms with Crippen LogP contribution in [0.3, 0.4) is 0 Å². The van der Waals surface area contributed by atoms with Gasteiger partial charge >= 0.3 is 0 Å². The average Bonchev–Trinajstić information content (AvgIpc) is 2.32. The van der Waals surface area contributed by atoms with Crippen LogP contribution in [-0.4, -0.2) is 4.98 Å². The quantitative estimate of drug-likeness (QED) is 0.666. The summed E-state index contributed by atoms with van der Waals surface area (Å²) in [5.41, 5.74) is 0.796. The smallest absolute Gasteiger partial charge is 0.151 e. The van der Waals surface area contributed by atoms with Gasteiger partial charge in [-0.25, -0.2) is 4.98 Å². The van der Waals surface area contributed by atoms with Crippen molar-refractivity contribution in [3.63, 3.8) is 0 Å². The Balaban J connectivity index is 2.72. The first-order chi connectivity index (χ1) is 5.51. The van der Waals surface area contributed by atoms with Gasteiger partial charge in [-0.3, -0.25) is 0 Å². The Morgan fingerprint density at radius 2 is 2.25 bits per heavy atom. The van der Waals surface area contributed by atoms with Crippen molar-refractivity contribution >= 4 is 11.3 Å². The van der Waals surface area contributed by atoms with Crippen LogP contribution in [0.2, 0.25) is 0 Å². The van der Waals surface area contributed by atoms with E-state index in [0.717, 1.165) is 11.4 Å². The summed E-state index contributed by atoms with van der Waals surface area (Å²) in [6.07, 6.45) is 0.944. The third kappa shape index (κ3) is 2.63. The summed E-state index contributed by atoms with van der Waals surface area (Å²) in [6, 6.07) is 2.03. The highest BCUT2D eigenvalue weighted by molar-refractivity contribution is 7.09. The summed E-state index contributed by atoms with van der Waals surface area (Å²) in [5.74, 6) is 0. The van der Waals surface area contributed by atoms with E-state index in [1.165, 1.54) is 0 Å². The molecule has 0 bridgehead atoms. The molecule has 0 amide bonds. The lowest BCUT2D eigenvalue weighted by Gasteiger charge is -2.15. The molecule has 1 aromatic heterocycles. The molecular formula is C9H12N2S. The number of aromatic nitrogens is 1. The molecular weight excluding hydrogens is 168 g/mol. The van der Waals surface area contributed by atoms with Crippen molar-refractivity contribution in [2.24, 2.45) is 5.41 Å². The fraction of sp³-hybridized carbons (Fsp3) is 0.556. The van der Waals surface area contributed by atoms with E-state index in [1.807, 2.05) is 6.07 Å². The van der Waals surface area contributed by atoms with Gasteiger partial charge in [0, 0.05) is 11.8 Å². The molecule has 0 saturated carbocycles. The van der Waals surface area contributed by atoms with E-state index >= 15 is 0 Å². The van der Waals surface area contributed by atoms with Crippen molar-refractivity contribution in [2.45, 2.75) is 27.2 Å². The predicted molar refractivity (Wildman–Crippen MR) is 50.0 cm³/mol. The molecule has 0 saturated heterocycles. The number of thiazole rings is 1. The van der Waals surface area contributed by atoms with Crippen molar-refractivity contribution in [1.29, 1.82) is 5.26 Å². The topological polar surface area (TPSA) is 36.7 Å². The lowest BCUT2D eigenvalue weighted by atomic mass is 9.93. The van der Waals surface area contributed by atoms with Gasteiger partial charge in [0.1, 0.15) is 6.07 Å². The second-order valence-corrected chi connectivity index (χ2v) is 4.92. The van der Waals surface area contributed by atoms with E-state index in [0.29, 0.717) is 5.69 Å². The van der Waals surface area contributed by atoms with Crippen LogP contribution in [0.4, 0.5) is 0 Å². The highest BCUT2D eigenvalue weighted by Gasteiger charge is 2.13. The van der Waals surface area contributed by atoms with Gasteiger partial charge in [-0.1, -0.05) is 20.8 Å². The van der Waals surface area contributed by atoms with Crippen molar-refractivity contribution in [3.8, 4) is 6.07 Å². The van der Waals surface area contributed by atoms with Gasteiger partial charge in [-0.2, -0.15) is 5.26 Å². The molecule has 1 rings (SSSR count). The van der Waals surface area contributed by atoms with E-state index in [2.05, 4.69) is 25.8 Å². The molecule has 0 spiro atoms. The Labute approximate surface area is 76.9 Å². The minimum atomic E-state index is 0.255. The zero-order valence-electron chi connectivity index (χ0n) is 7.59. The molecule has 2 nitrogen and oxygen atoms in total. The summed E-state index contributed by atoms with van der Waals surface area (Å²) < 4.78 is 0. The predicted octanol–water partition coefficient (Wildman–Crippen LogP) is 2.60. The fourth-order valence-corrected chi connectivity index (χ4v) is 1.92. The van der Waals surface area contributed by atoms with Crippen LogP contribution in [0.5, 0.6) is 0 Å². The van der Waals surface area contributed by atoms with Gasteiger partial charge in [0.2, 0.25) is 0 Å². The zero-order chi connectivity index (χ0) is 9.19. The summed E-state index contributed by atoms with van der Waals surface area (Å²) in [6.45, 7) is 6.50. The van der Waals surface area contributed by atoms with E-state index in [-0.39, 0.29) is 5.41 Å². The van der Waals surface area contributed by atoms with Crippen LogP contribution in [0.15, 0.2) is 5.38 Å². The van der Waals surface area contributed by atoms with Crippen LogP contribution in [-0.2, 0) is 6.42 Å². The van der Waals surface area contributed by atoms with Crippen LogP contribution in [0, 0.1) is 16.7 Å². The largest absolute Gasteiger partial charge is 0.231 e. The summed E-state index contributed by atoms with van der Waals surface area (Å²) in [7, 11) is 0. The van der Waals surface area contributed by atoms with Crippen molar-refractivity contribution in [3.05, 3.63) is 16.1 Å². The highest BCUT2D eigenvalue weighted by Crippen LogP contribution is 2.22. The molecule has 0 aromatic carbocycles. The number of hydrogen-bond donors (Lipinski definition) is 0. The Bertz CT molecular complexity index is 301. The molecule has 0 radical (unpaired) electrons. The maximum Gasteiger partial charge on any atom is 0.151 e. The number of nitriles is 1. The second kappa shape index (κ2) is 3.24. The van der Waals surface area contributed by atoms with Gasteiger partial charge in [0.25, 0.3) is 0 Å². The molecule has 1 aromatic rings. The van der Waals surface area contributed by atoms with Crippen molar-refractivity contribution in [2.75, 3.05) is 0 Å². The summed E-state index contributed by atoms with van der Waals surface area (Å²) in [5, 5.41) is 11.4. The third-order valence-corrected chi connectivity index (χ3v) is 2.20. The van der Waals surface area contributed by atoms with Crippen molar-refractivity contribution < 1.29 is 0 Å². The van der Waals surface area contributed by atoms with Gasteiger partial charge in [0.15, 0.2) is 5.69 Å². The molecule has 0 aliphatic heterocycles. The van der Waals surface area contributed by atoms with E-state index in [4.69, 9.17) is 5.26 Å². The number of hydrogen-bond acceptors (Lipinski definition) is 3. The van der Waals surface area contributed by atoms with E-state index in [1.54, 1.807) is 16.7 Å². The molecule has 1 heterocycles. The summed E-state index contributed by atoms with van der Waals surface area (Å²) >= 11 is 1.57. The van der Waals surface area contributed by atoms with Gasteiger partial charge in [-0.05, 0) is 5.41 Å². The number of nitrogens with zero attached hydrogens (tertiary/aromatic N) is 2. The Hall–Kier alpha value is -0.880. The lowest BCUT2D eigenvalue weighted by Crippen LogP contribution is -2.08. The minimum absolute atomic E-state index is 0.255. The lowest BCUT2D eigenvalue weighted by molar-refractivity contribution is 0.410. The van der Waals surface area contributed by atoms with Crippen LogP contribution >= 0.6 is 11.3 Å². The Kier molecular flexibility index (Phi) is 2.49. The van der Waals surface area contributed by atoms with E-state index in [9.17, 15) is 0 Å². The molecule has 0 aliphatic carbocycles. The minimum Gasteiger partial charge on any atom is -0.231 e. The first-order valence-electron chi connectivity index (χ1n) is 3.86. The monoisotopic (exact) mass is 180 g/mol. The molecule has 3 heteroatoms. The standard InChI is InChI=1S/C9H12N2S/c1-9(2,3)4-8-11-7(5-10)6-12-8/h6H,4H2,1-3H3. The molecule has 0 unspecified atom stereocenters. The van der Waals surface area contributed by atoms with E-state index < -0.39 is 0 Å². The van der Waals surface area contributed by atoms with Crippen molar-refractivity contribution in [1.82, 2.24) is 4.98 Å². The van der Waals surface area contributed by atoms with Gasteiger partial charge < -0.3 is 0 Å². The molecule has 12 heavy (non-hydrogen) atoms. The highest BCUT2D eigenvalue weighted by atomic mass is 32.1. The van der Waals surface area contributed by atoms with Crippen LogP contribution < -0.4 is 0 Å². The summed E-state index contributed by atoms with van der Waals surface area (Å²) in [4.78, 5) is 4.17. The third-order valence-electron chi connectivity index (χ3n) is 1.35. The fourth-order valence-electron chi connectivity index (χ4n) is 0.897. The Morgan fingerprint density at radius 1 is 1.58 bits per heavy atom. The van der Waals surface area contributed by atoms with Gasteiger partial charge in [-0.15, -0.1) is 11.3 Å².